The van der Waals surface area contributed by atoms with Gasteiger partial charge in [0.2, 0.25) is 0 Å². The number of hydrogen-bond donors (Lipinski definition) is 2. The highest BCUT2D eigenvalue weighted by Gasteiger charge is 1.99. The second kappa shape index (κ2) is 5.14. The van der Waals surface area contributed by atoms with Crippen LogP contribution in [0.5, 0.6) is 0 Å². The maximum Gasteiger partial charge on any atom is 0.169 e. The molecule has 0 radical (unpaired) electrons. The van der Waals surface area contributed by atoms with E-state index in [1.54, 1.807) is 6.20 Å². The highest BCUT2D eigenvalue weighted by Crippen LogP contribution is 2.13. The van der Waals surface area contributed by atoms with Gasteiger partial charge in [0.1, 0.15) is 11.6 Å². The van der Waals surface area contributed by atoms with Gasteiger partial charge >= 0.3 is 0 Å². The van der Waals surface area contributed by atoms with Crippen LogP contribution in [0.3, 0.4) is 0 Å². The van der Waals surface area contributed by atoms with Crippen LogP contribution in [0.25, 0.3) is 0 Å². The zero-order valence-electron chi connectivity index (χ0n) is 8.16. The van der Waals surface area contributed by atoms with Gasteiger partial charge in [-0.25, -0.2) is 4.98 Å². The van der Waals surface area contributed by atoms with Gasteiger partial charge < -0.3 is 14.7 Å². The third-order valence-corrected chi connectivity index (χ3v) is 2.45. The number of imidazole rings is 1. The molecular weight excluding hydrogens is 258 g/mol. The first kappa shape index (κ1) is 10.4. The van der Waals surface area contributed by atoms with Gasteiger partial charge in [-0.3, -0.25) is 0 Å². The smallest absolute Gasteiger partial charge is 0.169 e. The Morgan fingerprint density at radius 3 is 3.07 bits per heavy atom. The fourth-order valence-electron chi connectivity index (χ4n) is 1.30. The summed E-state index contributed by atoms with van der Waals surface area (Å²) in [5.74, 6) is 1.93. The molecule has 2 rings (SSSR count). The molecule has 15 heavy (non-hydrogen) atoms. The Morgan fingerprint density at radius 2 is 2.40 bits per heavy atom. The van der Waals surface area contributed by atoms with Gasteiger partial charge in [0.25, 0.3) is 0 Å². The van der Waals surface area contributed by atoms with E-state index < -0.39 is 0 Å². The summed E-state index contributed by atoms with van der Waals surface area (Å²) >= 11 is 3.26. The van der Waals surface area contributed by atoms with Crippen molar-refractivity contribution in [1.29, 1.82) is 0 Å². The largest absolute Gasteiger partial charge is 0.453 e. The molecule has 0 amide bonds. The van der Waals surface area contributed by atoms with E-state index in [0.29, 0.717) is 0 Å². The predicted molar refractivity (Wildman–Crippen MR) is 60.4 cm³/mol. The molecule has 2 heterocycles. The van der Waals surface area contributed by atoms with Gasteiger partial charge in [-0.15, -0.1) is 0 Å². The van der Waals surface area contributed by atoms with Crippen molar-refractivity contribution < 1.29 is 4.42 Å². The summed E-state index contributed by atoms with van der Waals surface area (Å²) in [7, 11) is 0. The number of furan rings is 1. The van der Waals surface area contributed by atoms with Crippen LogP contribution in [0, 0.1) is 0 Å². The first-order valence-electron chi connectivity index (χ1n) is 4.78. The third-order valence-electron chi connectivity index (χ3n) is 2.02. The van der Waals surface area contributed by atoms with Crippen LogP contribution in [-0.2, 0) is 13.0 Å². The molecule has 2 aromatic heterocycles. The number of nitrogens with zero attached hydrogens (tertiary/aromatic N) is 1. The van der Waals surface area contributed by atoms with Gasteiger partial charge in [-0.1, -0.05) is 0 Å². The number of halogens is 1. The standard InChI is InChI=1S/C10H12BrN3O/c11-9-2-1-8(15-9)7-12-4-3-10-13-5-6-14-10/h1-2,5-6,12H,3-4,7H2,(H,13,14). The molecule has 0 atom stereocenters. The van der Waals surface area contributed by atoms with Crippen LogP contribution in [0.2, 0.25) is 0 Å². The summed E-state index contributed by atoms with van der Waals surface area (Å²) in [6, 6.07) is 3.84. The van der Waals surface area contributed by atoms with E-state index >= 15 is 0 Å². The molecule has 2 aromatic rings. The molecule has 2 N–H and O–H groups in total. The highest BCUT2D eigenvalue weighted by molar-refractivity contribution is 9.10. The van der Waals surface area contributed by atoms with Gasteiger partial charge in [0.05, 0.1) is 6.54 Å². The lowest BCUT2D eigenvalue weighted by atomic mass is 10.4. The molecule has 0 aromatic carbocycles. The van der Waals surface area contributed by atoms with Crippen molar-refractivity contribution in [3.63, 3.8) is 0 Å². The van der Waals surface area contributed by atoms with Crippen molar-refractivity contribution in [3.05, 3.63) is 40.8 Å². The summed E-state index contributed by atoms with van der Waals surface area (Å²) in [6.45, 7) is 1.62. The fourth-order valence-corrected chi connectivity index (χ4v) is 1.64. The second-order valence-corrected chi connectivity index (χ2v) is 3.95. The van der Waals surface area contributed by atoms with Gasteiger partial charge in [0.15, 0.2) is 4.67 Å². The van der Waals surface area contributed by atoms with Crippen molar-refractivity contribution in [2.45, 2.75) is 13.0 Å². The second-order valence-electron chi connectivity index (χ2n) is 3.17. The number of rotatable bonds is 5. The summed E-state index contributed by atoms with van der Waals surface area (Å²) in [5.41, 5.74) is 0. The Bertz CT molecular complexity index is 396. The van der Waals surface area contributed by atoms with E-state index in [2.05, 4.69) is 31.2 Å². The molecule has 0 saturated heterocycles. The molecule has 4 nitrogen and oxygen atoms in total. The Hall–Kier alpha value is -1.07. The van der Waals surface area contributed by atoms with Crippen LogP contribution >= 0.6 is 15.9 Å². The fraction of sp³-hybridized carbons (Fsp3) is 0.300. The molecule has 80 valence electrons. The molecule has 0 unspecified atom stereocenters. The molecular formula is C10H12BrN3O. The molecule has 0 spiro atoms. The van der Waals surface area contributed by atoms with Gasteiger partial charge in [-0.05, 0) is 28.1 Å². The van der Waals surface area contributed by atoms with Crippen LogP contribution in [0.1, 0.15) is 11.6 Å². The average molecular weight is 270 g/mol. The monoisotopic (exact) mass is 269 g/mol. The SMILES string of the molecule is Brc1ccc(CNCCc2ncc[nH]2)o1. The van der Waals surface area contributed by atoms with Crippen LogP contribution < -0.4 is 5.32 Å². The molecule has 5 heteroatoms. The number of aromatic nitrogens is 2. The van der Waals surface area contributed by atoms with Crippen molar-refractivity contribution in [2.24, 2.45) is 0 Å². The maximum atomic E-state index is 5.35. The molecule has 0 bridgehead atoms. The number of nitrogens with one attached hydrogen (secondary N) is 2. The zero-order chi connectivity index (χ0) is 10.5. The summed E-state index contributed by atoms with van der Waals surface area (Å²) in [4.78, 5) is 7.20. The van der Waals surface area contributed by atoms with E-state index in [0.717, 1.165) is 35.8 Å². The number of hydrogen-bond acceptors (Lipinski definition) is 3. The minimum atomic E-state index is 0.742. The topological polar surface area (TPSA) is 53.9 Å². The summed E-state index contributed by atoms with van der Waals surface area (Å²) in [6.07, 6.45) is 4.49. The van der Waals surface area contributed by atoms with E-state index in [4.69, 9.17) is 4.42 Å². The van der Waals surface area contributed by atoms with Crippen LogP contribution in [0.15, 0.2) is 33.6 Å². The minimum absolute atomic E-state index is 0.742. The summed E-state index contributed by atoms with van der Waals surface area (Å²) < 4.78 is 6.12. The Kier molecular flexibility index (Phi) is 3.58. The molecule has 0 fully saturated rings. The quantitative estimate of drug-likeness (QED) is 0.818. The molecule has 0 saturated carbocycles. The first-order valence-corrected chi connectivity index (χ1v) is 5.57. The predicted octanol–water partition coefficient (Wildman–Crippen LogP) is 2.10. The molecule has 0 aliphatic carbocycles. The molecule has 0 aliphatic heterocycles. The molecule has 0 aliphatic rings. The lowest BCUT2D eigenvalue weighted by Crippen LogP contribution is -2.16. The third kappa shape index (κ3) is 3.21. The van der Waals surface area contributed by atoms with Crippen molar-refractivity contribution in [1.82, 2.24) is 15.3 Å². The minimum Gasteiger partial charge on any atom is -0.453 e. The van der Waals surface area contributed by atoms with Crippen molar-refractivity contribution in [3.8, 4) is 0 Å². The Labute approximate surface area is 96.2 Å². The Morgan fingerprint density at radius 1 is 1.47 bits per heavy atom. The van der Waals surface area contributed by atoms with Crippen LogP contribution in [-0.4, -0.2) is 16.5 Å². The first-order chi connectivity index (χ1) is 7.34. The zero-order valence-corrected chi connectivity index (χ0v) is 9.75. The lowest BCUT2D eigenvalue weighted by molar-refractivity contribution is 0.466. The maximum absolute atomic E-state index is 5.35. The average Bonchev–Trinajstić information content (AvgIpc) is 2.84. The van der Waals surface area contributed by atoms with Crippen molar-refractivity contribution >= 4 is 15.9 Å². The van der Waals surface area contributed by atoms with Crippen molar-refractivity contribution in [2.75, 3.05) is 6.54 Å². The normalized spacial score (nSPS) is 10.7. The number of H-pyrrole nitrogens is 1. The van der Waals surface area contributed by atoms with E-state index in [1.165, 1.54) is 0 Å². The van der Waals surface area contributed by atoms with E-state index in [9.17, 15) is 0 Å². The van der Waals surface area contributed by atoms with Gasteiger partial charge in [-0.2, -0.15) is 0 Å². The Balaban J connectivity index is 1.67. The van der Waals surface area contributed by atoms with Crippen LogP contribution in [0.4, 0.5) is 0 Å². The van der Waals surface area contributed by atoms with E-state index in [-0.39, 0.29) is 0 Å². The summed E-state index contributed by atoms with van der Waals surface area (Å²) in [5, 5.41) is 3.28. The van der Waals surface area contributed by atoms with E-state index in [1.807, 2.05) is 18.3 Å². The number of aromatic amines is 1. The lowest BCUT2D eigenvalue weighted by Gasteiger charge is -2.00. The highest BCUT2D eigenvalue weighted by atomic mass is 79.9. The van der Waals surface area contributed by atoms with Gasteiger partial charge in [0, 0.05) is 25.4 Å².